The zero-order chi connectivity index (χ0) is 96.8. The van der Waals surface area contributed by atoms with Gasteiger partial charge in [0.25, 0.3) is 0 Å². The van der Waals surface area contributed by atoms with Crippen LogP contribution >= 0.6 is 0 Å². The van der Waals surface area contributed by atoms with Crippen LogP contribution in [0.25, 0.3) is 0 Å². The number of hydrogen-bond acceptors (Lipinski definition) is 24. The molecule has 2 aromatic rings. The number of nitrogens with two attached hydrogens (primary N) is 7. The van der Waals surface area contributed by atoms with Gasteiger partial charge in [-0.1, -0.05) is 76.6 Å². The molecule has 0 aliphatic rings. The highest BCUT2D eigenvalue weighted by molar-refractivity contribution is 6.00. The SMILES string of the molecule is CC[C@H](C)[C@H](NC(=O)[C@H](CC(C)C)NC(C)=O)C(=O)N[C@@H](Cc1ccc(O)cc1)C(=O)N[C@@H](C)C(=O)N[C@@H](CCC(N)=O)C(=O)NCC(=O)N[C@@H](Cc1ccccc1)C(=O)N[C@@H](CO)C(=O)N[C@@H](CCCCN)C(=O)N[C@@H](CCCCN)C(=O)N[C@@H](CCCNC(=N)N)C(=O)N[C@@H](CCCNC(=N)N)C(=O)N[C@@H](CCCNC(=N)N)C(=O)N[C@@H](CCCNC(=N)N)C(=O)O. The van der Waals surface area contributed by atoms with Crippen molar-refractivity contribution in [3.05, 3.63) is 65.7 Å². The normalized spacial score (nSPS) is 14.2. The van der Waals surface area contributed by atoms with Gasteiger partial charge in [-0.3, -0.25) is 93.6 Å². The summed E-state index contributed by atoms with van der Waals surface area (Å²) in [6.45, 7) is 7.94. The number of phenols is 1. The van der Waals surface area contributed by atoms with E-state index in [1.807, 2.05) is 13.8 Å². The van der Waals surface area contributed by atoms with Crippen molar-refractivity contribution < 1.29 is 92.0 Å². The highest BCUT2D eigenvalue weighted by atomic mass is 16.4. The lowest BCUT2D eigenvalue weighted by molar-refractivity contribution is -0.142. The molecule has 39 N–H and O–H groups in total. The van der Waals surface area contributed by atoms with Crippen LogP contribution in [0.3, 0.4) is 0 Å². The van der Waals surface area contributed by atoms with Crippen molar-refractivity contribution in [1.82, 2.24) is 95.7 Å². The average molecular weight is 1820 g/mol. The van der Waals surface area contributed by atoms with E-state index < -0.39 is 223 Å². The summed E-state index contributed by atoms with van der Waals surface area (Å²) in [5.41, 5.74) is 39.9. The zero-order valence-electron chi connectivity index (χ0n) is 74.1. The number of guanidine groups is 4. The number of nitrogens with one attached hydrogen (secondary N) is 22. The van der Waals surface area contributed by atoms with E-state index in [1.54, 1.807) is 44.2 Å². The van der Waals surface area contributed by atoms with Crippen LogP contribution in [0.5, 0.6) is 5.75 Å². The van der Waals surface area contributed by atoms with Crippen molar-refractivity contribution in [3.63, 3.8) is 0 Å². The molecule has 720 valence electrons. The van der Waals surface area contributed by atoms with Crippen LogP contribution in [0.4, 0.5) is 0 Å². The Bertz CT molecular complexity index is 4040. The van der Waals surface area contributed by atoms with Crippen molar-refractivity contribution in [3.8, 4) is 5.75 Å². The first-order valence-corrected chi connectivity index (χ1v) is 42.9. The molecule has 0 bridgehead atoms. The maximum absolute atomic E-state index is 14.8. The number of aliphatic hydroxyl groups is 1. The first-order valence-electron chi connectivity index (χ1n) is 42.9. The highest BCUT2D eigenvalue weighted by Crippen LogP contribution is 2.17. The van der Waals surface area contributed by atoms with E-state index in [9.17, 15) is 92.0 Å². The Morgan fingerprint density at radius 1 is 0.372 bits per heavy atom. The van der Waals surface area contributed by atoms with Crippen LogP contribution in [0, 0.1) is 33.5 Å². The Morgan fingerprint density at radius 2 is 0.721 bits per heavy atom. The van der Waals surface area contributed by atoms with Crippen molar-refractivity contribution in [2.75, 3.05) is 52.4 Å². The second-order valence-corrected chi connectivity index (χ2v) is 31.5. The van der Waals surface area contributed by atoms with E-state index in [0.717, 1.165) is 0 Å². The number of phenolic OH excluding ortho intramolecular Hbond substituents is 1. The van der Waals surface area contributed by atoms with Crippen LogP contribution < -0.4 is 136 Å². The number of rotatable bonds is 64. The van der Waals surface area contributed by atoms with Crippen LogP contribution in [0.15, 0.2) is 54.6 Å². The summed E-state index contributed by atoms with van der Waals surface area (Å²) in [4.78, 5) is 222. The molecule has 15 amide bonds. The Balaban J connectivity index is 2.54. The van der Waals surface area contributed by atoms with Gasteiger partial charge >= 0.3 is 5.97 Å². The zero-order valence-corrected chi connectivity index (χ0v) is 74.1. The van der Waals surface area contributed by atoms with Gasteiger partial charge in [0.1, 0.15) is 84.3 Å². The average Bonchev–Trinajstić information content (AvgIpc) is 0.835. The third-order valence-corrected chi connectivity index (χ3v) is 20.1. The number of carbonyl (C=O) groups is 16. The lowest BCUT2D eigenvalue weighted by atomic mass is 9.96. The number of carboxylic acid groups (broad SMARTS) is 1. The molecular weight excluding hydrogens is 1680 g/mol. The number of benzene rings is 2. The molecular formula is C81H137N29O19. The van der Waals surface area contributed by atoms with E-state index in [4.69, 9.17) is 61.8 Å². The van der Waals surface area contributed by atoms with Gasteiger partial charge in [0.15, 0.2) is 23.8 Å². The fourth-order valence-electron chi connectivity index (χ4n) is 12.9. The molecule has 2 aromatic carbocycles. The molecule has 0 aliphatic carbocycles. The summed E-state index contributed by atoms with van der Waals surface area (Å²) < 4.78 is 0. The van der Waals surface area contributed by atoms with Gasteiger partial charge in [0.05, 0.1) is 13.2 Å². The van der Waals surface area contributed by atoms with E-state index in [2.05, 4.69) is 95.7 Å². The van der Waals surface area contributed by atoms with E-state index in [-0.39, 0.29) is 153 Å². The minimum atomic E-state index is -1.87. The van der Waals surface area contributed by atoms with E-state index in [0.29, 0.717) is 30.4 Å². The number of unbranched alkanes of at least 4 members (excludes halogenated alkanes) is 2. The monoisotopic (exact) mass is 1820 g/mol. The van der Waals surface area contributed by atoms with Gasteiger partial charge in [-0.2, -0.15) is 0 Å². The maximum atomic E-state index is 14.8. The summed E-state index contributed by atoms with van der Waals surface area (Å²) in [7, 11) is 0. The molecule has 0 saturated heterocycles. The van der Waals surface area contributed by atoms with E-state index in [1.165, 1.54) is 38.1 Å². The van der Waals surface area contributed by atoms with Gasteiger partial charge in [-0.05, 0) is 158 Å². The molecule has 0 heterocycles. The molecule has 0 unspecified atom stereocenters. The highest BCUT2D eigenvalue weighted by Gasteiger charge is 2.38. The number of carbonyl (C=O) groups excluding carboxylic acids is 15. The van der Waals surface area contributed by atoms with Crippen molar-refractivity contribution in [2.24, 2.45) is 52.0 Å². The molecule has 2 rings (SSSR count). The molecule has 0 radical (unpaired) electrons. The van der Waals surface area contributed by atoms with Crippen LogP contribution in [0.1, 0.15) is 168 Å². The largest absolute Gasteiger partial charge is 0.508 e. The molecule has 129 heavy (non-hydrogen) atoms. The quantitative estimate of drug-likeness (QED) is 0.0166. The number of aliphatic carboxylic acids is 1. The van der Waals surface area contributed by atoms with Gasteiger partial charge in [-0.25, -0.2) is 4.79 Å². The second-order valence-electron chi connectivity index (χ2n) is 31.5. The maximum Gasteiger partial charge on any atom is 0.326 e. The van der Waals surface area contributed by atoms with Crippen molar-refractivity contribution >= 4 is 118 Å². The van der Waals surface area contributed by atoms with Gasteiger partial charge in [0.2, 0.25) is 88.6 Å². The molecule has 0 spiro atoms. The van der Waals surface area contributed by atoms with Crippen molar-refractivity contribution in [2.45, 2.75) is 249 Å². The minimum absolute atomic E-state index is 0.00910. The topological polar surface area (TPSA) is 828 Å². The predicted octanol–water partition coefficient (Wildman–Crippen LogP) is -7.62. The first kappa shape index (κ1) is 112. The minimum Gasteiger partial charge on any atom is -0.508 e. The smallest absolute Gasteiger partial charge is 0.326 e. The van der Waals surface area contributed by atoms with Gasteiger partial charge in [0, 0.05) is 52.4 Å². The van der Waals surface area contributed by atoms with Gasteiger partial charge in [-0.15, -0.1) is 0 Å². The number of aliphatic hydroxyl groups excluding tert-OH is 1. The summed E-state index contributed by atoms with van der Waals surface area (Å²) in [6, 6.07) is -5.67. The number of primary amides is 1. The number of hydrogen-bond donors (Lipinski definition) is 32. The number of carboxylic acids is 1. The lowest BCUT2D eigenvalue weighted by Gasteiger charge is -2.29. The molecule has 0 fully saturated rings. The Labute approximate surface area is 749 Å². The summed E-state index contributed by atoms with van der Waals surface area (Å²) in [5, 5.41) is 107. The number of aromatic hydroxyl groups is 1. The van der Waals surface area contributed by atoms with Crippen LogP contribution in [-0.4, -0.2) is 265 Å². The van der Waals surface area contributed by atoms with Crippen molar-refractivity contribution in [1.29, 1.82) is 21.6 Å². The molecule has 14 atom stereocenters. The lowest BCUT2D eigenvalue weighted by Crippen LogP contribution is -2.61. The molecule has 0 saturated carbocycles. The second kappa shape index (κ2) is 61.2. The Kier molecular flexibility index (Phi) is 53.0. The standard InChI is InChI=1S/C81H137N29O19/c1-7-45(4)64(110-74(125)58(39-44(2)3)99-47(6)112)76(127)108-60(41-49-27-29-50(113)30-28-49)72(123)98-46(5)65(116)101-56(31-32-62(84)114)66(117)97-42-63(115)100-59(40-48-19-9-8-10-20-48)73(124)109-61(43-111)75(126)106-52(22-12-14-34-83)68(119)102-51(21-11-13-33-82)67(118)103-53(23-15-35-93-78(85)86)69(120)104-54(24-16-36-94-79(87)88)70(121)105-55(25-17-37-95-80(89)90)71(122)107-57(77(128)129)26-18-38-96-81(91)92/h8-10,19-20,27-30,44-46,51-61,64,111,113H,7,11-18,21-26,31-43,82-83H2,1-6H3,(H2,84,114)(H,97,117)(H,98,123)(H,99,112)(H,100,115)(H,101,116)(H,102,119)(H,103,118)(H,104,120)(H,105,121)(H,106,126)(H,107,122)(H,108,127)(H,109,124)(H,110,125)(H,128,129)(H4,85,86,93)(H4,87,88,94)(H4,89,90,95)(H4,91,92,96)/t45-,46-,51-,52-,53-,54-,55-,56-,57-,58-,59-,60-,61-,64-/m0/s1. The predicted molar refractivity (Wildman–Crippen MR) is 476 cm³/mol. The van der Waals surface area contributed by atoms with Gasteiger partial charge < -0.3 is 151 Å². The molecule has 0 aromatic heterocycles. The van der Waals surface area contributed by atoms with Crippen LogP contribution in [-0.2, 0) is 89.6 Å². The third kappa shape index (κ3) is 46.7. The van der Waals surface area contributed by atoms with E-state index >= 15 is 0 Å². The fourth-order valence-corrected chi connectivity index (χ4v) is 12.9. The van der Waals surface area contributed by atoms with Crippen LogP contribution in [0.2, 0.25) is 0 Å². The third-order valence-electron chi connectivity index (χ3n) is 20.1. The molecule has 0 aliphatic heterocycles. The Hall–Kier alpha value is -13.3. The fraction of sp³-hybridized carbons (Fsp3) is 0.605. The summed E-state index contributed by atoms with van der Waals surface area (Å²) in [5.74, 6) is -17.7. The summed E-state index contributed by atoms with van der Waals surface area (Å²) >= 11 is 0. The summed E-state index contributed by atoms with van der Waals surface area (Å²) in [6.07, 6.45) is -0.626. The number of amides is 15. The molecule has 48 heteroatoms. The molecule has 48 nitrogen and oxygen atoms in total. The first-order chi connectivity index (χ1) is 61.0. The Morgan fingerprint density at radius 3 is 1.11 bits per heavy atom.